The van der Waals surface area contributed by atoms with Crippen molar-refractivity contribution in [3.8, 4) is 0 Å². The first-order chi connectivity index (χ1) is 32.8. The normalized spacial score (nSPS) is 10.9. The number of nitrogens with zero attached hydrogens (tertiary/aromatic N) is 9. The number of fused-ring (bicyclic) bond motifs is 2. The highest BCUT2D eigenvalue weighted by atomic mass is 16.6. The number of carbonyl (C=O) groups is 4. The van der Waals surface area contributed by atoms with Crippen molar-refractivity contribution in [2.24, 2.45) is 5.73 Å². The standard InChI is InChI=1S/C27H37N9O4.C19H24N8O/c1-6-10-29-23-21(16-31-25(35-23)34-20-9-8-18-14-32-33-15-19(18)13-20)24(38)30-12-7-11-28-22(37)17-36(5)26(39)40-27(2,3)4;1-2-7-21-17-16(18(28)22-8-3-6-20)12-23-19(27-17)26-15-5-4-13-10-24-25-11-14(13)9-15/h8-9,13-16H,6-7,10-12,17H2,1-5H3,(H,28,37)(H,30,38)(H2,29,31,34,35);4-5,9-12H,2-3,6-8,20H2,1H3,(H,22,28)(H2,21,23,26,27). The van der Waals surface area contributed by atoms with Crippen LogP contribution in [0.25, 0.3) is 21.5 Å². The van der Waals surface area contributed by atoms with Crippen LogP contribution in [-0.2, 0) is 9.53 Å². The number of hydrogen-bond donors (Lipinski definition) is 8. The third kappa shape index (κ3) is 16.2. The summed E-state index contributed by atoms with van der Waals surface area (Å²) in [6.45, 7) is 12.3. The van der Waals surface area contributed by atoms with E-state index in [1.54, 1.807) is 45.6 Å². The van der Waals surface area contributed by atoms with E-state index in [-0.39, 0.29) is 24.3 Å². The number of ether oxygens (including phenoxy) is 1. The summed E-state index contributed by atoms with van der Waals surface area (Å²) >= 11 is 0. The number of hydrogen-bond acceptors (Lipinski definition) is 18. The number of amides is 4. The fraction of sp³-hybridized carbons (Fsp3) is 0.391. The summed E-state index contributed by atoms with van der Waals surface area (Å²) in [6, 6.07) is 11.5. The van der Waals surface area contributed by atoms with Gasteiger partial charge in [-0.25, -0.2) is 14.8 Å². The summed E-state index contributed by atoms with van der Waals surface area (Å²) < 4.78 is 5.23. The number of benzene rings is 2. The summed E-state index contributed by atoms with van der Waals surface area (Å²) in [5, 5.41) is 40.5. The zero-order chi connectivity index (χ0) is 48.9. The molecule has 0 saturated carbocycles. The van der Waals surface area contributed by atoms with E-state index in [1.165, 1.54) is 24.3 Å². The molecule has 9 N–H and O–H groups in total. The SMILES string of the molecule is CCCNc1nc(Nc2ccc3cnncc3c2)ncc1C(=O)NCCCN.CCCNc1nc(Nc2ccc3cnncc3c2)ncc1C(=O)NCCCNC(=O)CN(C)C(=O)OC(C)(C)C. The van der Waals surface area contributed by atoms with Crippen LogP contribution in [0.5, 0.6) is 0 Å². The van der Waals surface area contributed by atoms with Gasteiger partial charge in [0, 0.05) is 85.1 Å². The Balaban J connectivity index is 0.000000270. The monoisotopic (exact) mass is 932 g/mol. The Labute approximate surface area is 394 Å². The number of rotatable bonds is 21. The quantitative estimate of drug-likeness (QED) is 0.0433. The third-order valence-electron chi connectivity index (χ3n) is 9.47. The van der Waals surface area contributed by atoms with E-state index in [9.17, 15) is 19.2 Å². The molecule has 22 heteroatoms. The zero-order valence-corrected chi connectivity index (χ0v) is 39.3. The molecule has 0 atom stereocenters. The lowest BCUT2D eigenvalue weighted by atomic mass is 10.2. The highest BCUT2D eigenvalue weighted by Gasteiger charge is 2.21. The first-order valence-electron chi connectivity index (χ1n) is 22.4. The van der Waals surface area contributed by atoms with Crippen molar-refractivity contribution in [2.75, 3.05) is 74.1 Å². The largest absolute Gasteiger partial charge is 0.444 e. The van der Waals surface area contributed by atoms with E-state index in [1.807, 2.05) is 50.2 Å². The van der Waals surface area contributed by atoms with Gasteiger partial charge in [0.2, 0.25) is 17.8 Å². The Morgan fingerprint density at radius 1 is 0.618 bits per heavy atom. The molecule has 0 aliphatic heterocycles. The number of likely N-dealkylation sites (N-methyl/N-ethyl adjacent to an activating group) is 1. The molecule has 0 aliphatic rings. The molecule has 0 saturated heterocycles. The Hall–Kier alpha value is -7.88. The van der Waals surface area contributed by atoms with Crippen LogP contribution in [0.1, 0.15) is 81.0 Å². The molecule has 6 rings (SSSR count). The van der Waals surface area contributed by atoms with Crippen molar-refractivity contribution in [1.29, 1.82) is 0 Å². The minimum atomic E-state index is -0.638. The van der Waals surface area contributed by atoms with Gasteiger partial charge in [-0.05, 0) is 77.3 Å². The second kappa shape index (κ2) is 25.7. The number of aromatic nitrogens is 8. The van der Waals surface area contributed by atoms with E-state index >= 15 is 0 Å². The highest BCUT2D eigenvalue weighted by Crippen LogP contribution is 2.23. The van der Waals surface area contributed by atoms with Crippen molar-refractivity contribution in [1.82, 2.24) is 61.2 Å². The van der Waals surface area contributed by atoms with Crippen LogP contribution in [0.15, 0.2) is 73.6 Å². The fourth-order valence-electron chi connectivity index (χ4n) is 6.07. The number of anilines is 6. The summed E-state index contributed by atoms with van der Waals surface area (Å²) in [5.41, 5.74) is 7.16. The molecule has 68 heavy (non-hydrogen) atoms. The minimum absolute atomic E-state index is 0.126. The van der Waals surface area contributed by atoms with Gasteiger partial charge in [-0.15, -0.1) is 0 Å². The Bertz CT molecular complexity index is 2630. The predicted octanol–water partition coefficient (Wildman–Crippen LogP) is 5.15. The first kappa shape index (κ1) is 51.1. The molecule has 6 aromatic rings. The Kier molecular flexibility index (Phi) is 19.3. The maximum absolute atomic E-state index is 12.9. The summed E-state index contributed by atoms with van der Waals surface area (Å²) in [6.07, 6.45) is 12.2. The minimum Gasteiger partial charge on any atom is -0.444 e. The van der Waals surface area contributed by atoms with Crippen LogP contribution in [0, 0.1) is 0 Å². The van der Waals surface area contributed by atoms with Gasteiger partial charge in [0.25, 0.3) is 11.8 Å². The van der Waals surface area contributed by atoms with E-state index in [4.69, 9.17) is 10.5 Å². The van der Waals surface area contributed by atoms with E-state index < -0.39 is 11.7 Å². The molecule has 0 radical (unpaired) electrons. The van der Waals surface area contributed by atoms with Crippen molar-refractivity contribution in [3.05, 3.63) is 84.7 Å². The van der Waals surface area contributed by atoms with Crippen LogP contribution in [-0.4, -0.2) is 128 Å². The van der Waals surface area contributed by atoms with Gasteiger partial charge in [0.1, 0.15) is 34.9 Å². The topological polar surface area (TPSA) is 294 Å². The molecule has 22 nitrogen and oxygen atoms in total. The van der Waals surface area contributed by atoms with Gasteiger partial charge >= 0.3 is 6.09 Å². The second-order valence-corrected chi connectivity index (χ2v) is 16.4. The molecule has 4 heterocycles. The van der Waals surface area contributed by atoms with Crippen LogP contribution in [0.2, 0.25) is 0 Å². The molecule has 360 valence electrons. The third-order valence-corrected chi connectivity index (χ3v) is 9.47. The lowest BCUT2D eigenvalue weighted by molar-refractivity contribution is -0.122. The molecule has 0 bridgehead atoms. The van der Waals surface area contributed by atoms with Gasteiger partial charge in [-0.2, -0.15) is 30.4 Å². The Morgan fingerprint density at radius 2 is 1.07 bits per heavy atom. The van der Waals surface area contributed by atoms with Crippen molar-refractivity contribution < 1.29 is 23.9 Å². The van der Waals surface area contributed by atoms with E-state index in [0.717, 1.165) is 52.2 Å². The zero-order valence-electron chi connectivity index (χ0n) is 39.3. The second-order valence-electron chi connectivity index (χ2n) is 16.4. The molecule has 0 aliphatic carbocycles. The highest BCUT2D eigenvalue weighted by molar-refractivity contribution is 5.99. The van der Waals surface area contributed by atoms with Crippen LogP contribution in [0.3, 0.4) is 0 Å². The molecule has 4 aromatic heterocycles. The molecule has 0 unspecified atom stereocenters. The molecular formula is C46H61N17O5. The number of nitrogens with two attached hydrogens (primary N) is 1. The van der Waals surface area contributed by atoms with Gasteiger partial charge in [-0.1, -0.05) is 26.0 Å². The van der Waals surface area contributed by atoms with Crippen LogP contribution in [0.4, 0.5) is 39.7 Å². The average Bonchev–Trinajstić information content (AvgIpc) is 3.32. The first-order valence-corrected chi connectivity index (χ1v) is 22.4. The number of nitrogens with one attached hydrogen (secondary N) is 7. The average molecular weight is 932 g/mol. The predicted molar refractivity (Wildman–Crippen MR) is 262 cm³/mol. The lowest BCUT2D eigenvalue weighted by Gasteiger charge is -2.24. The van der Waals surface area contributed by atoms with Crippen LogP contribution >= 0.6 is 0 Å². The van der Waals surface area contributed by atoms with E-state index in [0.29, 0.717) is 80.3 Å². The lowest BCUT2D eigenvalue weighted by Crippen LogP contribution is -2.41. The maximum Gasteiger partial charge on any atom is 0.410 e. The van der Waals surface area contributed by atoms with Gasteiger partial charge in [0.05, 0.1) is 24.8 Å². The summed E-state index contributed by atoms with van der Waals surface area (Å²) in [4.78, 5) is 68.2. The maximum atomic E-state index is 12.9. The number of carbonyl (C=O) groups excluding carboxylic acids is 4. The molecule has 0 spiro atoms. The van der Waals surface area contributed by atoms with Crippen molar-refractivity contribution in [3.63, 3.8) is 0 Å². The summed E-state index contributed by atoms with van der Waals surface area (Å²) in [5.74, 6) is 0.794. The molecule has 0 fully saturated rings. The van der Waals surface area contributed by atoms with Crippen molar-refractivity contribution >= 4 is 80.3 Å². The Morgan fingerprint density at radius 3 is 1.53 bits per heavy atom. The molecule has 4 amide bonds. The van der Waals surface area contributed by atoms with E-state index in [2.05, 4.69) is 77.5 Å². The fourth-order valence-corrected chi connectivity index (χ4v) is 6.07. The summed E-state index contributed by atoms with van der Waals surface area (Å²) in [7, 11) is 1.50. The van der Waals surface area contributed by atoms with Gasteiger partial charge < -0.3 is 52.6 Å². The smallest absolute Gasteiger partial charge is 0.410 e. The van der Waals surface area contributed by atoms with Gasteiger partial charge in [-0.3, -0.25) is 14.4 Å². The molecular weight excluding hydrogens is 871 g/mol. The van der Waals surface area contributed by atoms with Crippen LogP contribution < -0.4 is 43.0 Å². The van der Waals surface area contributed by atoms with Gasteiger partial charge in [0.15, 0.2) is 0 Å². The van der Waals surface area contributed by atoms with Crippen molar-refractivity contribution in [2.45, 2.75) is 65.9 Å². The molecule has 2 aromatic carbocycles.